The quantitative estimate of drug-likeness (QED) is 0.172. The summed E-state index contributed by atoms with van der Waals surface area (Å²) >= 11 is 23.8. The molecule has 0 amide bonds. The number of hydrogen-bond donors (Lipinski definition) is 3. The normalized spacial score (nSPS) is 16.8. The molecule has 0 aliphatic heterocycles. The summed E-state index contributed by atoms with van der Waals surface area (Å²) in [5.41, 5.74) is 0. The lowest BCUT2D eigenvalue weighted by Crippen LogP contribution is -2.14. The molecule has 0 aromatic rings. The van der Waals surface area contributed by atoms with Crippen molar-refractivity contribution in [3.63, 3.8) is 0 Å². The first-order chi connectivity index (χ1) is 11.4. The first-order valence-corrected chi connectivity index (χ1v) is 15.6. The van der Waals surface area contributed by atoms with Gasteiger partial charge in [0.25, 0.3) is 0 Å². The molecule has 0 N–H and O–H groups in total. The third-order valence-electron chi connectivity index (χ3n) is 2.64. The fraction of sp³-hybridized carbons (Fsp3) is 1.00. The summed E-state index contributed by atoms with van der Waals surface area (Å²) in [5.74, 6) is 11.1. The van der Waals surface area contributed by atoms with Crippen LogP contribution in [0.5, 0.6) is 0 Å². The first kappa shape index (κ1) is 26.8. The first-order valence-electron chi connectivity index (χ1n) is 8.38. The lowest BCUT2D eigenvalue weighted by Gasteiger charge is -2.17. The van der Waals surface area contributed by atoms with Gasteiger partial charge in [-0.25, -0.2) is 0 Å². The van der Waals surface area contributed by atoms with Gasteiger partial charge in [0, 0.05) is 72.8 Å². The molecule has 0 spiro atoms. The van der Waals surface area contributed by atoms with Crippen LogP contribution >= 0.6 is 96.7 Å². The van der Waals surface area contributed by atoms with E-state index >= 15 is 0 Å². The monoisotopic (exact) mass is 482 g/mol. The van der Waals surface area contributed by atoms with Crippen LogP contribution in [0, 0.1) is 0 Å². The van der Waals surface area contributed by atoms with Gasteiger partial charge < -0.3 is 0 Å². The minimum Gasteiger partial charge on any atom is -0.175 e. The van der Waals surface area contributed by atoms with Gasteiger partial charge in [-0.2, -0.15) is 96.7 Å². The van der Waals surface area contributed by atoms with Crippen molar-refractivity contribution in [1.82, 2.24) is 0 Å². The summed E-state index contributed by atoms with van der Waals surface area (Å²) in [7, 11) is 0. The standard InChI is InChI=1S/C16H34S8/c1-13(17)8-20-4-5-22-11-16(12-23-10-15(3)19)24-7-6-21-9-14(2)18/h13-19H,4-12H2,1-3H3. The molecule has 0 nitrogen and oxygen atoms in total. The maximum atomic E-state index is 4.49. The second-order valence-electron chi connectivity index (χ2n) is 5.80. The van der Waals surface area contributed by atoms with Crippen LogP contribution in [0.1, 0.15) is 20.8 Å². The zero-order valence-corrected chi connectivity index (χ0v) is 21.8. The van der Waals surface area contributed by atoms with Gasteiger partial charge in [-0.15, -0.1) is 0 Å². The maximum absolute atomic E-state index is 4.49. The number of rotatable bonds is 17. The van der Waals surface area contributed by atoms with E-state index in [1.807, 2.05) is 23.5 Å². The summed E-state index contributed by atoms with van der Waals surface area (Å²) in [5, 5.41) is 2.30. The summed E-state index contributed by atoms with van der Waals surface area (Å²) in [4.78, 5) is 0. The van der Waals surface area contributed by atoms with E-state index in [1.165, 1.54) is 40.3 Å². The molecule has 8 heteroatoms. The van der Waals surface area contributed by atoms with E-state index in [9.17, 15) is 0 Å². The molecule has 0 heterocycles. The Balaban J connectivity index is 3.82. The molecule has 4 unspecified atom stereocenters. The molecule has 0 aromatic heterocycles. The van der Waals surface area contributed by atoms with E-state index in [0.29, 0.717) is 15.7 Å². The molecule has 4 atom stereocenters. The molecule has 0 aromatic carbocycles. The van der Waals surface area contributed by atoms with E-state index in [4.69, 9.17) is 0 Å². The molecular formula is C16H34S8. The molecule has 0 rings (SSSR count). The van der Waals surface area contributed by atoms with Crippen molar-refractivity contribution in [2.24, 2.45) is 0 Å². The smallest absolute Gasteiger partial charge is 0.0229 e. The molecule has 0 radical (unpaired) electrons. The van der Waals surface area contributed by atoms with Crippen molar-refractivity contribution in [3.8, 4) is 0 Å². The topological polar surface area (TPSA) is 0 Å². The van der Waals surface area contributed by atoms with Gasteiger partial charge in [0.15, 0.2) is 0 Å². The third kappa shape index (κ3) is 21.1. The number of thioether (sulfide) groups is 5. The highest BCUT2D eigenvalue weighted by atomic mass is 32.2. The van der Waals surface area contributed by atoms with E-state index < -0.39 is 0 Å². The molecule has 0 aliphatic carbocycles. The summed E-state index contributed by atoms with van der Waals surface area (Å²) in [6.45, 7) is 6.52. The average Bonchev–Trinajstić information content (AvgIpc) is 2.48. The Bertz CT molecular complexity index is 260. The van der Waals surface area contributed by atoms with Crippen molar-refractivity contribution in [2.75, 3.05) is 51.8 Å². The van der Waals surface area contributed by atoms with E-state index in [2.05, 4.69) is 93.9 Å². The molecule has 0 fully saturated rings. The second kappa shape index (κ2) is 19.1. The van der Waals surface area contributed by atoms with Crippen LogP contribution in [0.2, 0.25) is 0 Å². The van der Waals surface area contributed by atoms with E-state index in [1.54, 1.807) is 0 Å². The van der Waals surface area contributed by atoms with Gasteiger partial charge >= 0.3 is 0 Å². The van der Waals surface area contributed by atoms with Gasteiger partial charge in [-0.05, 0) is 0 Å². The van der Waals surface area contributed by atoms with E-state index in [-0.39, 0.29) is 0 Å². The van der Waals surface area contributed by atoms with Gasteiger partial charge in [0.1, 0.15) is 0 Å². The van der Waals surface area contributed by atoms with Crippen LogP contribution in [-0.4, -0.2) is 72.8 Å². The molecule has 0 saturated heterocycles. The largest absolute Gasteiger partial charge is 0.175 e. The van der Waals surface area contributed by atoms with Crippen molar-refractivity contribution in [3.05, 3.63) is 0 Å². The fourth-order valence-corrected chi connectivity index (χ4v) is 8.63. The lowest BCUT2D eigenvalue weighted by molar-refractivity contribution is 1.11. The van der Waals surface area contributed by atoms with Crippen molar-refractivity contribution < 1.29 is 0 Å². The Kier molecular flexibility index (Phi) is 21.4. The third-order valence-corrected chi connectivity index (χ3v) is 11.1. The molecule has 146 valence electrons. The van der Waals surface area contributed by atoms with Crippen LogP contribution in [0.25, 0.3) is 0 Å². The van der Waals surface area contributed by atoms with Gasteiger partial charge in [-0.3, -0.25) is 0 Å². The maximum Gasteiger partial charge on any atom is 0.0229 e. The van der Waals surface area contributed by atoms with Crippen LogP contribution in [0.3, 0.4) is 0 Å². The van der Waals surface area contributed by atoms with Gasteiger partial charge in [-0.1, -0.05) is 20.8 Å². The van der Waals surface area contributed by atoms with Crippen LogP contribution in [0.15, 0.2) is 0 Å². The summed E-state index contributed by atoms with van der Waals surface area (Å²) < 4.78 is 0. The highest BCUT2D eigenvalue weighted by molar-refractivity contribution is 8.07. The minimum absolute atomic E-state index is 0.500. The Morgan fingerprint density at radius 2 is 0.917 bits per heavy atom. The second-order valence-corrected chi connectivity index (χ2v) is 14.4. The Morgan fingerprint density at radius 1 is 0.542 bits per heavy atom. The number of hydrogen-bond acceptors (Lipinski definition) is 8. The molecule has 0 saturated carbocycles. The lowest BCUT2D eigenvalue weighted by atomic mass is 10.5. The van der Waals surface area contributed by atoms with Gasteiger partial charge in [0.2, 0.25) is 0 Å². The molecular weight excluding hydrogens is 449 g/mol. The van der Waals surface area contributed by atoms with Crippen LogP contribution in [0.4, 0.5) is 0 Å². The molecule has 0 aliphatic rings. The molecule has 0 bridgehead atoms. The van der Waals surface area contributed by atoms with E-state index in [0.717, 1.165) is 16.8 Å². The average molecular weight is 483 g/mol. The highest BCUT2D eigenvalue weighted by Crippen LogP contribution is 2.24. The van der Waals surface area contributed by atoms with Crippen LogP contribution < -0.4 is 0 Å². The highest BCUT2D eigenvalue weighted by Gasteiger charge is 2.11. The zero-order chi connectivity index (χ0) is 18.2. The Labute approximate surface area is 188 Å². The molecule has 24 heavy (non-hydrogen) atoms. The minimum atomic E-state index is 0.500. The predicted octanol–water partition coefficient (Wildman–Crippen LogP) is 5.98. The van der Waals surface area contributed by atoms with Crippen molar-refractivity contribution in [1.29, 1.82) is 0 Å². The fourth-order valence-electron chi connectivity index (χ4n) is 1.63. The van der Waals surface area contributed by atoms with Crippen LogP contribution in [-0.2, 0) is 0 Å². The van der Waals surface area contributed by atoms with Gasteiger partial charge in [0.05, 0.1) is 0 Å². The Hall–Kier alpha value is 2.80. The Morgan fingerprint density at radius 3 is 1.42 bits per heavy atom. The predicted molar refractivity (Wildman–Crippen MR) is 141 cm³/mol. The summed E-state index contributed by atoms with van der Waals surface area (Å²) in [6.07, 6.45) is 0. The summed E-state index contributed by atoms with van der Waals surface area (Å²) in [6, 6.07) is 0. The van der Waals surface area contributed by atoms with Crippen molar-refractivity contribution >= 4 is 96.7 Å². The SMILES string of the molecule is CC(S)CSCCSCC(CSCC(C)S)SCCSCC(C)S. The number of thiol groups is 3. The zero-order valence-electron chi connectivity index (χ0n) is 15.1. The van der Waals surface area contributed by atoms with Crippen molar-refractivity contribution in [2.45, 2.75) is 41.8 Å².